The highest BCUT2D eigenvalue weighted by Gasteiger charge is 2.18. The summed E-state index contributed by atoms with van der Waals surface area (Å²) in [6.07, 6.45) is 2.46. The van der Waals surface area contributed by atoms with E-state index in [0.29, 0.717) is 12.0 Å². The van der Waals surface area contributed by atoms with Crippen molar-refractivity contribution in [1.29, 1.82) is 0 Å². The maximum atomic E-state index is 11.4. The SMILES string of the molecule is CC(=O)OCC1=C(C)CCCC1=O. The van der Waals surface area contributed by atoms with Crippen LogP contribution in [0.3, 0.4) is 0 Å². The van der Waals surface area contributed by atoms with Gasteiger partial charge in [0.15, 0.2) is 5.78 Å². The normalized spacial score (nSPS) is 17.5. The summed E-state index contributed by atoms with van der Waals surface area (Å²) in [7, 11) is 0. The lowest BCUT2D eigenvalue weighted by Crippen LogP contribution is -2.16. The van der Waals surface area contributed by atoms with Crippen LogP contribution in [0.2, 0.25) is 0 Å². The maximum absolute atomic E-state index is 11.4. The highest BCUT2D eigenvalue weighted by molar-refractivity contribution is 5.97. The molecule has 1 rings (SSSR count). The van der Waals surface area contributed by atoms with Crippen LogP contribution in [0.15, 0.2) is 11.1 Å². The first-order valence-electron chi connectivity index (χ1n) is 4.46. The van der Waals surface area contributed by atoms with Crippen molar-refractivity contribution in [2.45, 2.75) is 33.1 Å². The monoisotopic (exact) mass is 182 g/mol. The van der Waals surface area contributed by atoms with Crippen molar-refractivity contribution in [3.63, 3.8) is 0 Å². The van der Waals surface area contributed by atoms with Gasteiger partial charge in [-0.15, -0.1) is 0 Å². The van der Waals surface area contributed by atoms with Crippen molar-refractivity contribution in [3.8, 4) is 0 Å². The van der Waals surface area contributed by atoms with Crippen LogP contribution in [0.4, 0.5) is 0 Å². The third kappa shape index (κ3) is 2.68. The molecule has 0 aromatic heterocycles. The molecular weight excluding hydrogens is 168 g/mol. The predicted molar refractivity (Wildman–Crippen MR) is 48.2 cm³/mol. The summed E-state index contributed by atoms with van der Waals surface area (Å²) in [6, 6.07) is 0. The predicted octanol–water partition coefficient (Wildman–Crippen LogP) is 1.62. The second kappa shape index (κ2) is 4.21. The quantitative estimate of drug-likeness (QED) is 0.609. The number of esters is 1. The number of Topliss-reactive ketones (excluding diaryl/α,β-unsaturated/α-hetero) is 1. The van der Waals surface area contributed by atoms with Crippen LogP contribution in [-0.2, 0) is 14.3 Å². The van der Waals surface area contributed by atoms with Gasteiger partial charge in [0.25, 0.3) is 0 Å². The minimum Gasteiger partial charge on any atom is -0.461 e. The molecule has 0 bridgehead atoms. The van der Waals surface area contributed by atoms with Gasteiger partial charge < -0.3 is 4.74 Å². The summed E-state index contributed by atoms with van der Waals surface area (Å²) in [5.74, 6) is -0.205. The second-order valence-corrected chi connectivity index (χ2v) is 3.32. The lowest BCUT2D eigenvalue weighted by atomic mass is 9.92. The molecule has 0 aromatic carbocycles. The third-order valence-corrected chi connectivity index (χ3v) is 2.23. The van der Waals surface area contributed by atoms with Crippen molar-refractivity contribution in [2.75, 3.05) is 6.61 Å². The van der Waals surface area contributed by atoms with Crippen LogP contribution in [-0.4, -0.2) is 18.4 Å². The highest BCUT2D eigenvalue weighted by atomic mass is 16.5. The molecule has 0 atom stereocenters. The first-order chi connectivity index (χ1) is 6.11. The molecule has 0 radical (unpaired) electrons. The maximum Gasteiger partial charge on any atom is 0.302 e. The topological polar surface area (TPSA) is 43.4 Å². The number of ketones is 1. The molecule has 3 heteroatoms. The van der Waals surface area contributed by atoms with E-state index in [9.17, 15) is 9.59 Å². The van der Waals surface area contributed by atoms with E-state index in [2.05, 4.69) is 0 Å². The Hall–Kier alpha value is -1.12. The molecule has 1 aliphatic rings. The van der Waals surface area contributed by atoms with Gasteiger partial charge in [-0.25, -0.2) is 0 Å². The van der Waals surface area contributed by atoms with E-state index in [4.69, 9.17) is 4.74 Å². The van der Waals surface area contributed by atoms with Crippen molar-refractivity contribution in [3.05, 3.63) is 11.1 Å². The molecule has 3 nitrogen and oxygen atoms in total. The molecule has 0 unspecified atom stereocenters. The van der Waals surface area contributed by atoms with Crippen LogP contribution >= 0.6 is 0 Å². The Balaban J connectivity index is 2.63. The van der Waals surface area contributed by atoms with Crippen LogP contribution in [0.5, 0.6) is 0 Å². The average Bonchev–Trinajstić information content (AvgIpc) is 2.03. The number of carbonyl (C=O) groups is 2. The summed E-state index contributed by atoms with van der Waals surface area (Å²) >= 11 is 0. The number of allylic oxidation sites excluding steroid dienone is 1. The fraction of sp³-hybridized carbons (Fsp3) is 0.600. The minimum absolute atomic E-state index is 0.130. The van der Waals surface area contributed by atoms with Gasteiger partial charge in [0, 0.05) is 18.9 Å². The zero-order valence-electron chi connectivity index (χ0n) is 8.05. The van der Waals surface area contributed by atoms with E-state index in [0.717, 1.165) is 18.4 Å². The molecule has 0 saturated carbocycles. The van der Waals surface area contributed by atoms with Gasteiger partial charge in [0.2, 0.25) is 0 Å². The minimum atomic E-state index is -0.335. The number of hydrogen-bond acceptors (Lipinski definition) is 3. The molecule has 0 spiro atoms. The highest BCUT2D eigenvalue weighted by Crippen LogP contribution is 2.21. The van der Waals surface area contributed by atoms with Crippen LogP contribution in [0, 0.1) is 0 Å². The first-order valence-corrected chi connectivity index (χ1v) is 4.46. The fourth-order valence-electron chi connectivity index (χ4n) is 1.43. The molecule has 0 heterocycles. The van der Waals surface area contributed by atoms with Gasteiger partial charge in [-0.1, -0.05) is 5.57 Å². The molecule has 0 saturated heterocycles. The van der Waals surface area contributed by atoms with E-state index in [1.807, 2.05) is 6.92 Å². The van der Waals surface area contributed by atoms with Gasteiger partial charge in [-0.3, -0.25) is 9.59 Å². The Morgan fingerprint density at radius 3 is 2.69 bits per heavy atom. The summed E-state index contributed by atoms with van der Waals surface area (Å²) in [5.41, 5.74) is 1.76. The lowest BCUT2D eigenvalue weighted by Gasteiger charge is -2.15. The smallest absolute Gasteiger partial charge is 0.302 e. The standard InChI is InChI=1S/C10H14O3/c1-7-4-3-5-10(12)9(7)6-13-8(2)11/h3-6H2,1-2H3. The summed E-state index contributed by atoms with van der Waals surface area (Å²) in [5, 5.41) is 0. The molecule has 1 aliphatic carbocycles. The first kappa shape index (κ1) is 9.96. The Kier molecular flexibility index (Phi) is 3.23. The van der Waals surface area contributed by atoms with Gasteiger partial charge in [-0.05, 0) is 19.8 Å². The van der Waals surface area contributed by atoms with Crippen LogP contribution in [0.25, 0.3) is 0 Å². The van der Waals surface area contributed by atoms with Crippen molar-refractivity contribution in [2.24, 2.45) is 0 Å². The summed E-state index contributed by atoms with van der Waals surface area (Å²) in [4.78, 5) is 21.9. The van der Waals surface area contributed by atoms with Gasteiger partial charge in [0.1, 0.15) is 6.61 Å². The van der Waals surface area contributed by atoms with Crippen molar-refractivity contribution >= 4 is 11.8 Å². The number of rotatable bonds is 2. The van der Waals surface area contributed by atoms with E-state index >= 15 is 0 Å². The lowest BCUT2D eigenvalue weighted by molar-refractivity contribution is -0.140. The Morgan fingerprint density at radius 2 is 2.15 bits per heavy atom. The molecule has 13 heavy (non-hydrogen) atoms. The number of carbonyl (C=O) groups excluding carboxylic acids is 2. The fourth-order valence-corrected chi connectivity index (χ4v) is 1.43. The molecular formula is C10H14O3. The van der Waals surface area contributed by atoms with Gasteiger partial charge >= 0.3 is 5.97 Å². The Labute approximate surface area is 77.8 Å². The van der Waals surface area contributed by atoms with Crippen molar-refractivity contribution < 1.29 is 14.3 Å². The Bertz CT molecular complexity index is 263. The molecule has 0 aromatic rings. The van der Waals surface area contributed by atoms with Gasteiger partial charge in [-0.2, -0.15) is 0 Å². The van der Waals surface area contributed by atoms with Crippen LogP contribution in [0.1, 0.15) is 33.1 Å². The number of ether oxygens (including phenoxy) is 1. The third-order valence-electron chi connectivity index (χ3n) is 2.23. The molecule has 0 N–H and O–H groups in total. The zero-order chi connectivity index (χ0) is 9.84. The number of hydrogen-bond donors (Lipinski definition) is 0. The van der Waals surface area contributed by atoms with Crippen LogP contribution < -0.4 is 0 Å². The Morgan fingerprint density at radius 1 is 1.46 bits per heavy atom. The van der Waals surface area contributed by atoms with E-state index < -0.39 is 0 Å². The summed E-state index contributed by atoms with van der Waals surface area (Å²) in [6.45, 7) is 3.43. The van der Waals surface area contributed by atoms with E-state index in [1.165, 1.54) is 6.92 Å². The molecule has 72 valence electrons. The van der Waals surface area contributed by atoms with E-state index in [1.54, 1.807) is 0 Å². The molecule has 0 amide bonds. The zero-order valence-corrected chi connectivity index (χ0v) is 8.05. The summed E-state index contributed by atoms with van der Waals surface area (Å²) < 4.78 is 4.80. The average molecular weight is 182 g/mol. The van der Waals surface area contributed by atoms with Crippen molar-refractivity contribution in [1.82, 2.24) is 0 Å². The second-order valence-electron chi connectivity index (χ2n) is 3.32. The van der Waals surface area contributed by atoms with E-state index in [-0.39, 0.29) is 18.4 Å². The molecule has 0 aliphatic heterocycles. The largest absolute Gasteiger partial charge is 0.461 e. The molecule has 0 fully saturated rings. The van der Waals surface area contributed by atoms with Gasteiger partial charge in [0.05, 0.1) is 0 Å².